The van der Waals surface area contributed by atoms with Crippen molar-refractivity contribution in [3.8, 4) is 0 Å². The highest BCUT2D eigenvalue weighted by Crippen LogP contribution is 2.11. The molecule has 1 atom stereocenters. The number of nitrogens with zero attached hydrogens (tertiary/aromatic N) is 1. The number of guanidine groups is 1. The number of rotatable bonds is 11. The highest BCUT2D eigenvalue weighted by Gasteiger charge is 2.22. The minimum Gasteiger partial charge on any atom is -0.357 e. The van der Waals surface area contributed by atoms with Crippen molar-refractivity contribution in [2.45, 2.75) is 65.8 Å². The fourth-order valence-electron chi connectivity index (χ4n) is 2.34. The summed E-state index contributed by atoms with van der Waals surface area (Å²) in [5.74, 6) is 1.38. The minimum absolute atomic E-state index is 0.376. The first-order chi connectivity index (χ1) is 10.6. The van der Waals surface area contributed by atoms with Gasteiger partial charge in [-0.15, -0.1) is 0 Å². The van der Waals surface area contributed by atoms with Crippen LogP contribution in [0.2, 0.25) is 0 Å². The fourth-order valence-corrected chi connectivity index (χ4v) is 3.41. The zero-order chi connectivity index (χ0) is 17.9. The van der Waals surface area contributed by atoms with Crippen LogP contribution in [-0.2, 0) is 10.0 Å². The topological polar surface area (TPSA) is 82.6 Å². The molecule has 23 heavy (non-hydrogen) atoms. The van der Waals surface area contributed by atoms with Crippen LogP contribution in [0, 0.1) is 5.92 Å². The van der Waals surface area contributed by atoms with Crippen molar-refractivity contribution in [2.75, 3.05) is 25.9 Å². The number of unbranched alkanes of at least 4 members (excludes halogenated alkanes) is 1. The van der Waals surface area contributed by atoms with Crippen LogP contribution in [0.5, 0.6) is 0 Å². The van der Waals surface area contributed by atoms with Crippen LogP contribution >= 0.6 is 0 Å². The number of hydrogen-bond donors (Lipinski definition) is 3. The second-order valence-corrected chi connectivity index (χ2v) is 8.50. The van der Waals surface area contributed by atoms with Gasteiger partial charge in [-0.3, -0.25) is 4.99 Å². The van der Waals surface area contributed by atoms with Gasteiger partial charge in [-0.2, -0.15) is 0 Å². The van der Waals surface area contributed by atoms with Gasteiger partial charge in [0.15, 0.2) is 5.96 Å². The monoisotopic (exact) mass is 348 g/mol. The van der Waals surface area contributed by atoms with E-state index in [-0.39, 0.29) is 0 Å². The molecule has 0 radical (unpaired) electrons. The maximum Gasteiger partial charge on any atom is 0.209 e. The Morgan fingerprint density at radius 2 is 1.83 bits per heavy atom. The molecule has 0 aliphatic rings. The Hall–Kier alpha value is -0.820. The number of sulfonamides is 1. The quantitative estimate of drug-likeness (QED) is 0.394. The summed E-state index contributed by atoms with van der Waals surface area (Å²) in [5.41, 5.74) is -0.609. The van der Waals surface area contributed by atoms with Crippen LogP contribution in [0.1, 0.15) is 60.3 Å². The summed E-state index contributed by atoms with van der Waals surface area (Å²) in [5, 5.41) is 6.59. The van der Waals surface area contributed by atoms with E-state index < -0.39 is 15.6 Å². The molecule has 0 aromatic rings. The molecule has 7 heteroatoms. The zero-order valence-corrected chi connectivity index (χ0v) is 16.5. The lowest BCUT2D eigenvalue weighted by Gasteiger charge is -2.24. The predicted octanol–water partition coefficient (Wildman–Crippen LogP) is 2.09. The third kappa shape index (κ3) is 12.3. The molecule has 3 N–H and O–H groups in total. The van der Waals surface area contributed by atoms with E-state index in [0.29, 0.717) is 12.5 Å². The number of aliphatic imine (C=N–C) groups is 1. The second kappa shape index (κ2) is 10.9. The third-order valence-electron chi connectivity index (χ3n) is 3.54. The highest BCUT2D eigenvalue weighted by molar-refractivity contribution is 7.88. The maximum atomic E-state index is 11.4. The van der Waals surface area contributed by atoms with Gasteiger partial charge in [0, 0.05) is 18.6 Å². The van der Waals surface area contributed by atoms with Crippen molar-refractivity contribution in [2.24, 2.45) is 10.9 Å². The Labute approximate surface area is 143 Å². The van der Waals surface area contributed by atoms with Gasteiger partial charge in [-0.1, -0.05) is 33.1 Å². The second-order valence-electron chi connectivity index (χ2n) is 6.75. The van der Waals surface area contributed by atoms with Gasteiger partial charge in [-0.25, -0.2) is 13.1 Å². The van der Waals surface area contributed by atoms with Crippen molar-refractivity contribution in [3.05, 3.63) is 0 Å². The lowest BCUT2D eigenvalue weighted by Crippen LogP contribution is -2.47. The van der Waals surface area contributed by atoms with Crippen LogP contribution in [0.3, 0.4) is 0 Å². The summed E-state index contributed by atoms with van der Waals surface area (Å²) in [4.78, 5) is 4.52. The van der Waals surface area contributed by atoms with E-state index >= 15 is 0 Å². The maximum absolute atomic E-state index is 11.4. The van der Waals surface area contributed by atoms with Gasteiger partial charge >= 0.3 is 0 Å². The molecule has 0 saturated carbocycles. The molecular weight excluding hydrogens is 312 g/mol. The lowest BCUT2D eigenvalue weighted by molar-refractivity contribution is 0.441. The number of nitrogens with one attached hydrogen (secondary N) is 3. The molecule has 0 aromatic heterocycles. The van der Waals surface area contributed by atoms with Gasteiger partial charge in [0.25, 0.3) is 0 Å². The smallest absolute Gasteiger partial charge is 0.209 e. The third-order valence-corrected chi connectivity index (χ3v) is 4.46. The van der Waals surface area contributed by atoms with Crippen molar-refractivity contribution in [1.82, 2.24) is 15.4 Å². The summed E-state index contributed by atoms with van der Waals surface area (Å²) >= 11 is 0. The molecule has 0 heterocycles. The minimum atomic E-state index is -3.24. The van der Waals surface area contributed by atoms with Gasteiger partial charge in [-0.05, 0) is 33.1 Å². The largest absolute Gasteiger partial charge is 0.357 e. The molecule has 0 fully saturated rings. The van der Waals surface area contributed by atoms with E-state index in [1.54, 1.807) is 0 Å². The summed E-state index contributed by atoms with van der Waals surface area (Å²) < 4.78 is 25.4. The Kier molecular flexibility index (Phi) is 10.5. The summed E-state index contributed by atoms with van der Waals surface area (Å²) in [7, 11) is -3.24. The van der Waals surface area contributed by atoms with Crippen molar-refractivity contribution >= 4 is 16.0 Å². The Morgan fingerprint density at radius 3 is 2.30 bits per heavy atom. The molecule has 1 unspecified atom stereocenters. The van der Waals surface area contributed by atoms with Gasteiger partial charge in [0.2, 0.25) is 10.0 Å². The first-order valence-electron chi connectivity index (χ1n) is 8.64. The molecule has 0 amide bonds. The fraction of sp³-hybridized carbons (Fsp3) is 0.938. The van der Waals surface area contributed by atoms with E-state index in [4.69, 9.17) is 0 Å². The van der Waals surface area contributed by atoms with Crippen LogP contribution in [0.15, 0.2) is 4.99 Å². The Bertz CT molecular complexity index is 447. The molecule has 138 valence electrons. The van der Waals surface area contributed by atoms with E-state index in [1.807, 2.05) is 20.8 Å². The predicted molar refractivity (Wildman–Crippen MR) is 99.3 cm³/mol. The van der Waals surface area contributed by atoms with Crippen molar-refractivity contribution in [1.29, 1.82) is 0 Å². The van der Waals surface area contributed by atoms with E-state index in [2.05, 4.69) is 34.2 Å². The van der Waals surface area contributed by atoms with Crippen molar-refractivity contribution < 1.29 is 8.42 Å². The van der Waals surface area contributed by atoms with Crippen LogP contribution in [-0.4, -0.2) is 45.8 Å². The molecule has 6 nitrogen and oxygen atoms in total. The zero-order valence-electron chi connectivity index (χ0n) is 15.7. The molecule has 0 bridgehead atoms. The normalized spacial score (nSPS) is 14.6. The Morgan fingerprint density at radius 1 is 1.17 bits per heavy atom. The summed E-state index contributed by atoms with van der Waals surface area (Å²) in [6.45, 7) is 12.1. The average Bonchev–Trinajstić information content (AvgIpc) is 2.42. The molecule has 0 spiro atoms. The lowest BCUT2D eigenvalue weighted by atomic mass is 9.99. The SMILES string of the molecule is CCCCC(CC)CNC(=NCC(C)(C)NS(C)(=O)=O)NCC. The summed E-state index contributed by atoms with van der Waals surface area (Å²) in [6, 6.07) is 0. The van der Waals surface area contributed by atoms with E-state index in [0.717, 1.165) is 25.5 Å². The van der Waals surface area contributed by atoms with Gasteiger partial charge in [0.05, 0.1) is 12.8 Å². The van der Waals surface area contributed by atoms with Gasteiger partial charge in [0.1, 0.15) is 0 Å². The molecule has 0 aromatic carbocycles. The summed E-state index contributed by atoms with van der Waals surface area (Å²) in [6.07, 6.45) is 6.00. The average molecular weight is 349 g/mol. The molecule has 0 aliphatic carbocycles. The van der Waals surface area contributed by atoms with Gasteiger partial charge < -0.3 is 10.6 Å². The highest BCUT2D eigenvalue weighted by atomic mass is 32.2. The van der Waals surface area contributed by atoms with Crippen molar-refractivity contribution in [3.63, 3.8) is 0 Å². The van der Waals surface area contributed by atoms with Crippen LogP contribution < -0.4 is 15.4 Å². The molecule has 0 aliphatic heterocycles. The first kappa shape index (κ1) is 22.2. The Balaban J connectivity index is 4.64. The molecule has 0 rings (SSSR count). The van der Waals surface area contributed by atoms with Crippen LogP contribution in [0.25, 0.3) is 0 Å². The molecule has 0 saturated heterocycles. The standard InChI is InChI=1S/C16H36N4O2S/c1-7-10-11-14(8-2)12-18-15(17-9-3)19-13-16(4,5)20-23(6,21)22/h14,20H,7-13H2,1-6H3,(H2,17,18,19). The van der Waals surface area contributed by atoms with E-state index in [1.165, 1.54) is 25.5 Å². The first-order valence-corrected chi connectivity index (χ1v) is 10.5. The van der Waals surface area contributed by atoms with E-state index in [9.17, 15) is 8.42 Å². The number of hydrogen-bond acceptors (Lipinski definition) is 3. The molecular formula is C16H36N4O2S. The van der Waals surface area contributed by atoms with Crippen LogP contribution in [0.4, 0.5) is 0 Å².